The van der Waals surface area contributed by atoms with Crippen LogP contribution in [0.3, 0.4) is 0 Å². The van der Waals surface area contributed by atoms with Crippen molar-refractivity contribution in [2.24, 2.45) is 11.8 Å². The minimum atomic E-state index is -0.0359. The molecule has 0 aromatic heterocycles. The van der Waals surface area contributed by atoms with E-state index < -0.39 is 0 Å². The second kappa shape index (κ2) is 6.01. The molecule has 0 aromatic rings. The molecule has 0 spiro atoms. The van der Waals surface area contributed by atoms with Crippen molar-refractivity contribution in [2.75, 3.05) is 0 Å². The Morgan fingerprint density at radius 1 is 1.23 bits per heavy atom. The van der Waals surface area contributed by atoms with Gasteiger partial charge in [0.25, 0.3) is 0 Å². The highest BCUT2D eigenvalue weighted by Gasteiger charge is 2.19. The predicted molar refractivity (Wildman–Crippen MR) is 54.5 cm³/mol. The third-order valence-electron chi connectivity index (χ3n) is 1.93. The van der Waals surface area contributed by atoms with Gasteiger partial charge in [-0.3, -0.25) is 4.79 Å². The molecular weight excluding hydrogens is 164 g/mol. The molecule has 13 heavy (non-hydrogen) atoms. The minimum Gasteiger partial charge on any atom is -0.463 e. The predicted octanol–water partition coefficient (Wildman–Crippen LogP) is 3.01. The smallest absolute Gasteiger partial charge is 0.309 e. The molecule has 0 N–H and O–H groups in total. The van der Waals surface area contributed by atoms with Crippen LogP contribution in [0.25, 0.3) is 0 Å². The summed E-state index contributed by atoms with van der Waals surface area (Å²) in [4.78, 5) is 11.5. The molecule has 2 heteroatoms. The van der Waals surface area contributed by atoms with E-state index in [0.29, 0.717) is 5.92 Å². The lowest BCUT2D eigenvalue weighted by molar-refractivity contribution is -0.153. The van der Waals surface area contributed by atoms with Crippen molar-refractivity contribution >= 4 is 5.97 Å². The van der Waals surface area contributed by atoms with Gasteiger partial charge in [-0.2, -0.15) is 0 Å². The molecule has 0 saturated carbocycles. The maximum atomic E-state index is 11.5. The second-order valence-electron chi connectivity index (χ2n) is 4.22. The fourth-order valence-corrected chi connectivity index (χ4v) is 1.33. The average molecular weight is 186 g/mol. The van der Waals surface area contributed by atoms with Gasteiger partial charge in [-0.05, 0) is 32.6 Å². The van der Waals surface area contributed by atoms with Crippen molar-refractivity contribution in [3.05, 3.63) is 0 Å². The first-order valence-electron chi connectivity index (χ1n) is 5.17. The summed E-state index contributed by atoms with van der Waals surface area (Å²) >= 11 is 0. The third kappa shape index (κ3) is 5.67. The molecule has 1 atom stereocenters. The largest absolute Gasteiger partial charge is 0.463 e. The molecule has 0 heterocycles. The molecule has 0 aliphatic rings. The zero-order chi connectivity index (χ0) is 10.4. The van der Waals surface area contributed by atoms with Crippen LogP contribution in [0.15, 0.2) is 0 Å². The summed E-state index contributed by atoms with van der Waals surface area (Å²) in [5.41, 5.74) is 0. The Morgan fingerprint density at radius 2 is 1.77 bits per heavy atom. The van der Waals surface area contributed by atoms with E-state index in [1.807, 2.05) is 20.8 Å². The molecule has 0 amide bonds. The van der Waals surface area contributed by atoms with Crippen LogP contribution < -0.4 is 0 Å². The highest BCUT2D eigenvalue weighted by Crippen LogP contribution is 2.17. The van der Waals surface area contributed by atoms with E-state index in [9.17, 15) is 4.79 Å². The van der Waals surface area contributed by atoms with Crippen LogP contribution in [-0.4, -0.2) is 12.1 Å². The van der Waals surface area contributed by atoms with Crippen LogP contribution >= 0.6 is 0 Å². The molecule has 0 saturated heterocycles. The maximum absolute atomic E-state index is 11.5. The van der Waals surface area contributed by atoms with Crippen LogP contribution in [0, 0.1) is 11.8 Å². The Kier molecular flexibility index (Phi) is 5.76. The molecule has 78 valence electrons. The summed E-state index contributed by atoms with van der Waals surface area (Å²) in [6.07, 6.45) is 1.82. The van der Waals surface area contributed by atoms with Gasteiger partial charge in [0.05, 0.1) is 12.0 Å². The van der Waals surface area contributed by atoms with Gasteiger partial charge >= 0.3 is 5.97 Å². The number of esters is 1. The third-order valence-corrected chi connectivity index (χ3v) is 1.93. The number of ether oxygens (including phenoxy) is 1. The standard InChI is InChI=1S/C11H22O2/c1-6-10(7-8(2)3)11(12)13-9(4)5/h8-10H,6-7H2,1-5H3/t10-/m1/s1. The van der Waals surface area contributed by atoms with E-state index in [-0.39, 0.29) is 18.0 Å². The van der Waals surface area contributed by atoms with Gasteiger partial charge in [-0.1, -0.05) is 20.8 Å². The van der Waals surface area contributed by atoms with Crippen molar-refractivity contribution < 1.29 is 9.53 Å². The molecule has 0 aliphatic carbocycles. The molecule has 0 aromatic carbocycles. The Morgan fingerprint density at radius 3 is 2.08 bits per heavy atom. The maximum Gasteiger partial charge on any atom is 0.309 e. The summed E-state index contributed by atoms with van der Waals surface area (Å²) in [6, 6.07) is 0. The first kappa shape index (κ1) is 12.5. The monoisotopic (exact) mass is 186 g/mol. The topological polar surface area (TPSA) is 26.3 Å². The highest BCUT2D eigenvalue weighted by molar-refractivity contribution is 5.72. The summed E-state index contributed by atoms with van der Waals surface area (Å²) in [7, 11) is 0. The van der Waals surface area contributed by atoms with Gasteiger partial charge in [0.1, 0.15) is 0 Å². The number of hydrogen-bond donors (Lipinski definition) is 0. The highest BCUT2D eigenvalue weighted by atomic mass is 16.5. The lowest BCUT2D eigenvalue weighted by Crippen LogP contribution is -2.22. The fourth-order valence-electron chi connectivity index (χ4n) is 1.33. The first-order valence-corrected chi connectivity index (χ1v) is 5.17. The van der Waals surface area contributed by atoms with E-state index in [1.165, 1.54) is 0 Å². The lowest BCUT2D eigenvalue weighted by atomic mass is 9.95. The van der Waals surface area contributed by atoms with Crippen LogP contribution in [0.1, 0.15) is 47.5 Å². The van der Waals surface area contributed by atoms with E-state index in [0.717, 1.165) is 12.8 Å². The van der Waals surface area contributed by atoms with Gasteiger partial charge in [0.2, 0.25) is 0 Å². The average Bonchev–Trinajstić information content (AvgIpc) is 1.98. The second-order valence-corrected chi connectivity index (χ2v) is 4.22. The van der Waals surface area contributed by atoms with Gasteiger partial charge in [-0.15, -0.1) is 0 Å². The van der Waals surface area contributed by atoms with E-state index in [1.54, 1.807) is 0 Å². The van der Waals surface area contributed by atoms with E-state index in [4.69, 9.17) is 4.74 Å². The number of rotatable bonds is 5. The minimum absolute atomic E-state index is 0.00807. The van der Waals surface area contributed by atoms with Crippen LogP contribution in [0.5, 0.6) is 0 Å². The van der Waals surface area contributed by atoms with Crippen molar-refractivity contribution in [2.45, 2.75) is 53.6 Å². The Balaban J connectivity index is 3.99. The van der Waals surface area contributed by atoms with Crippen molar-refractivity contribution in [1.29, 1.82) is 0 Å². The summed E-state index contributed by atoms with van der Waals surface area (Å²) in [5.74, 6) is 0.610. The fraction of sp³-hybridized carbons (Fsp3) is 0.909. The Hall–Kier alpha value is -0.530. The number of hydrogen-bond acceptors (Lipinski definition) is 2. The zero-order valence-corrected chi connectivity index (χ0v) is 9.46. The molecule has 0 aliphatic heterocycles. The normalized spacial score (nSPS) is 13.5. The SMILES string of the molecule is CC[C@H](CC(C)C)C(=O)OC(C)C. The quantitative estimate of drug-likeness (QED) is 0.617. The summed E-state index contributed by atoms with van der Waals surface area (Å²) < 4.78 is 5.17. The van der Waals surface area contributed by atoms with Gasteiger partial charge < -0.3 is 4.74 Å². The van der Waals surface area contributed by atoms with Gasteiger partial charge in [0.15, 0.2) is 0 Å². The Bertz CT molecular complexity index is 150. The summed E-state index contributed by atoms with van der Waals surface area (Å²) in [6.45, 7) is 10.1. The van der Waals surface area contributed by atoms with Gasteiger partial charge in [0, 0.05) is 0 Å². The molecular formula is C11H22O2. The molecule has 0 unspecified atom stereocenters. The first-order chi connectivity index (χ1) is 5.97. The molecule has 2 nitrogen and oxygen atoms in total. The molecule has 0 fully saturated rings. The number of carbonyl (C=O) groups is 1. The van der Waals surface area contributed by atoms with Crippen molar-refractivity contribution in [1.82, 2.24) is 0 Å². The van der Waals surface area contributed by atoms with Gasteiger partial charge in [-0.25, -0.2) is 0 Å². The van der Waals surface area contributed by atoms with Crippen LogP contribution in [-0.2, 0) is 9.53 Å². The van der Waals surface area contributed by atoms with E-state index in [2.05, 4.69) is 13.8 Å². The van der Waals surface area contributed by atoms with Crippen molar-refractivity contribution in [3.63, 3.8) is 0 Å². The van der Waals surface area contributed by atoms with E-state index >= 15 is 0 Å². The number of carbonyl (C=O) groups excluding carboxylic acids is 1. The zero-order valence-electron chi connectivity index (χ0n) is 9.46. The molecule has 0 bridgehead atoms. The van der Waals surface area contributed by atoms with Crippen molar-refractivity contribution in [3.8, 4) is 0 Å². The molecule has 0 rings (SSSR count). The Labute approximate surface area is 81.7 Å². The van der Waals surface area contributed by atoms with Crippen LogP contribution in [0.2, 0.25) is 0 Å². The van der Waals surface area contributed by atoms with Crippen LogP contribution in [0.4, 0.5) is 0 Å². The summed E-state index contributed by atoms with van der Waals surface area (Å²) in [5, 5.41) is 0. The lowest BCUT2D eigenvalue weighted by Gasteiger charge is -2.17. The molecule has 0 radical (unpaired) electrons.